The minimum absolute atomic E-state index is 0.199. The Morgan fingerprint density at radius 3 is 2.37 bits per heavy atom. The van der Waals surface area contributed by atoms with E-state index in [1.807, 2.05) is 24.3 Å². The largest absolute Gasteiger partial charge is 0.489 e. The second kappa shape index (κ2) is 6.34. The molecule has 2 nitrogen and oxygen atoms in total. The van der Waals surface area contributed by atoms with Crippen LogP contribution >= 0.6 is 0 Å². The van der Waals surface area contributed by atoms with Gasteiger partial charge in [-0.25, -0.2) is 4.39 Å². The number of hydrogen-bond donors (Lipinski definition) is 1. The molecule has 2 N–H and O–H groups in total. The van der Waals surface area contributed by atoms with Crippen molar-refractivity contribution in [3.8, 4) is 5.75 Å². The van der Waals surface area contributed by atoms with Crippen molar-refractivity contribution in [2.24, 2.45) is 5.73 Å². The van der Waals surface area contributed by atoms with E-state index in [9.17, 15) is 4.39 Å². The Hall–Kier alpha value is -1.87. The molecule has 0 amide bonds. The van der Waals surface area contributed by atoms with Crippen molar-refractivity contribution in [2.45, 2.75) is 26.5 Å². The smallest absolute Gasteiger partial charge is 0.134 e. The molecule has 2 aromatic carbocycles. The van der Waals surface area contributed by atoms with Crippen molar-refractivity contribution >= 4 is 0 Å². The topological polar surface area (TPSA) is 35.2 Å². The van der Waals surface area contributed by atoms with Crippen molar-refractivity contribution in [3.05, 3.63) is 65.0 Å². The summed E-state index contributed by atoms with van der Waals surface area (Å²) in [4.78, 5) is 0. The Morgan fingerprint density at radius 1 is 1.05 bits per heavy atom. The first-order valence-corrected chi connectivity index (χ1v) is 6.42. The van der Waals surface area contributed by atoms with Gasteiger partial charge in [-0.1, -0.05) is 37.3 Å². The molecule has 0 saturated carbocycles. The zero-order valence-corrected chi connectivity index (χ0v) is 11.0. The van der Waals surface area contributed by atoms with Crippen LogP contribution in [-0.2, 0) is 19.6 Å². The quantitative estimate of drug-likeness (QED) is 0.893. The SMILES string of the molecule is CCc1ccc(OCc2cccc(CN)c2F)cc1. The standard InChI is InChI=1S/C16H18FNO/c1-2-12-6-8-15(9-7-12)19-11-14-5-3-4-13(10-18)16(14)17/h3-9H,2,10-11,18H2,1H3. The molecule has 0 unspecified atom stereocenters. The van der Waals surface area contributed by atoms with Crippen LogP contribution in [0.3, 0.4) is 0 Å². The summed E-state index contributed by atoms with van der Waals surface area (Å²) in [6, 6.07) is 13.0. The molecular weight excluding hydrogens is 241 g/mol. The molecule has 0 aliphatic carbocycles. The van der Waals surface area contributed by atoms with Crippen LogP contribution in [0.1, 0.15) is 23.6 Å². The number of ether oxygens (including phenoxy) is 1. The molecule has 0 fully saturated rings. The molecule has 100 valence electrons. The second-order valence-corrected chi connectivity index (χ2v) is 4.38. The first kappa shape index (κ1) is 13.6. The summed E-state index contributed by atoms with van der Waals surface area (Å²) in [7, 11) is 0. The van der Waals surface area contributed by atoms with E-state index in [0.717, 1.165) is 12.2 Å². The number of benzene rings is 2. The number of aryl methyl sites for hydroxylation is 1. The van der Waals surface area contributed by atoms with E-state index >= 15 is 0 Å². The molecule has 0 aliphatic rings. The average Bonchev–Trinajstić information content (AvgIpc) is 2.47. The highest BCUT2D eigenvalue weighted by molar-refractivity contribution is 5.29. The third-order valence-electron chi connectivity index (χ3n) is 3.10. The van der Waals surface area contributed by atoms with Gasteiger partial charge in [-0.05, 0) is 24.1 Å². The van der Waals surface area contributed by atoms with E-state index in [1.54, 1.807) is 18.2 Å². The summed E-state index contributed by atoms with van der Waals surface area (Å²) >= 11 is 0. The lowest BCUT2D eigenvalue weighted by Gasteiger charge is -2.09. The number of nitrogens with two attached hydrogens (primary N) is 1. The zero-order chi connectivity index (χ0) is 13.7. The number of rotatable bonds is 5. The van der Waals surface area contributed by atoms with Crippen LogP contribution in [0.5, 0.6) is 5.75 Å². The van der Waals surface area contributed by atoms with Crippen LogP contribution in [-0.4, -0.2) is 0 Å². The predicted octanol–water partition coefficient (Wildman–Crippen LogP) is 3.43. The van der Waals surface area contributed by atoms with Gasteiger partial charge in [0.15, 0.2) is 0 Å². The minimum Gasteiger partial charge on any atom is -0.489 e. The first-order chi connectivity index (χ1) is 9.24. The van der Waals surface area contributed by atoms with Gasteiger partial charge in [0.05, 0.1) is 0 Å². The molecule has 0 aliphatic heterocycles. The summed E-state index contributed by atoms with van der Waals surface area (Å²) in [6.45, 7) is 2.51. The Labute approximate surface area is 113 Å². The maximum absolute atomic E-state index is 13.9. The van der Waals surface area contributed by atoms with Gasteiger partial charge in [0.2, 0.25) is 0 Å². The van der Waals surface area contributed by atoms with Gasteiger partial charge in [-0.2, -0.15) is 0 Å². The lowest BCUT2D eigenvalue weighted by Crippen LogP contribution is -2.05. The fraction of sp³-hybridized carbons (Fsp3) is 0.250. The van der Waals surface area contributed by atoms with E-state index in [0.29, 0.717) is 11.1 Å². The molecule has 3 heteroatoms. The monoisotopic (exact) mass is 259 g/mol. The van der Waals surface area contributed by atoms with Crippen LogP contribution in [0.15, 0.2) is 42.5 Å². The van der Waals surface area contributed by atoms with Crippen LogP contribution < -0.4 is 10.5 Å². The third kappa shape index (κ3) is 3.32. The highest BCUT2D eigenvalue weighted by atomic mass is 19.1. The van der Waals surface area contributed by atoms with Crippen LogP contribution in [0.25, 0.3) is 0 Å². The van der Waals surface area contributed by atoms with Crippen LogP contribution in [0, 0.1) is 5.82 Å². The molecule has 0 radical (unpaired) electrons. The van der Waals surface area contributed by atoms with Crippen molar-refractivity contribution in [3.63, 3.8) is 0 Å². The Morgan fingerprint density at radius 2 is 1.74 bits per heavy atom. The van der Waals surface area contributed by atoms with Gasteiger partial charge >= 0.3 is 0 Å². The molecule has 2 aromatic rings. The molecule has 0 spiro atoms. The van der Waals surface area contributed by atoms with Gasteiger partial charge in [-0.15, -0.1) is 0 Å². The van der Waals surface area contributed by atoms with Gasteiger partial charge < -0.3 is 10.5 Å². The molecule has 0 heterocycles. The summed E-state index contributed by atoms with van der Waals surface area (Å²) in [5.41, 5.74) is 7.78. The van der Waals surface area contributed by atoms with Crippen molar-refractivity contribution < 1.29 is 9.13 Å². The van der Waals surface area contributed by atoms with E-state index in [2.05, 4.69) is 6.92 Å². The predicted molar refractivity (Wildman–Crippen MR) is 74.4 cm³/mol. The fourth-order valence-electron chi connectivity index (χ4n) is 1.88. The average molecular weight is 259 g/mol. The molecule has 0 atom stereocenters. The van der Waals surface area contributed by atoms with E-state index in [-0.39, 0.29) is 19.0 Å². The van der Waals surface area contributed by atoms with E-state index < -0.39 is 0 Å². The fourth-order valence-corrected chi connectivity index (χ4v) is 1.88. The Kier molecular flexibility index (Phi) is 4.53. The molecule has 0 bridgehead atoms. The number of halogens is 1. The molecular formula is C16H18FNO. The molecule has 19 heavy (non-hydrogen) atoms. The molecule has 2 rings (SSSR count). The summed E-state index contributed by atoms with van der Waals surface area (Å²) in [5.74, 6) is 0.477. The van der Waals surface area contributed by atoms with Gasteiger partial charge in [0, 0.05) is 17.7 Å². The molecule has 0 saturated heterocycles. The van der Waals surface area contributed by atoms with Gasteiger partial charge in [0.25, 0.3) is 0 Å². The van der Waals surface area contributed by atoms with Gasteiger partial charge in [0.1, 0.15) is 18.2 Å². The van der Waals surface area contributed by atoms with Crippen molar-refractivity contribution in [1.82, 2.24) is 0 Å². The van der Waals surface area contributed by atoms with Gasteiger partial charge in [-0.3, -0.25) is 0 Å². The van der Waals surface area contributed by atoms with E-state index in [1.165, 1.54) is 5.56 Å². The Balaban J connectivity index is 2.05. The van der Waals surface area contributed by atoms with Crippen molar-refractivity contribution in [2.75, 3.05) is 0 Å². The first-order valence-electron chi connectivity index (χ1n) is 6.42. The summed E-state index contributed by atoms with van der Waals surface area (Å²) in [6.07, 6.45) is 0.994. The second-order valence-electron chi connectivity index (χ2n) is 4.38. The lowest BCUT2D eigenvalue weighted by atomic mass is 10.1. The van der Waals surface area contributed by atoms with E-state index in [4.69, 9.17) is 10.5 Å². The Bertz CT molecular complexity index is 537. The summed E-state index contributed by atoms with van der Waals surface area (Å²) < 4.78 is 19.5. The maximum Gasteiger partial charge on any atom is 0.134 e. The molecule has 0 aromatic heterocycles. The van der Waals surface area contributed by atoms with Crippen molar-refractivity contribution in [1.29, 1.82) is 0 Å². The van der Waals surface area contributed by atoms with Crippen LogP contribution in [0.4, 0.5) is 4.39 Å². The maximum atomic E-state index is 13.9. The summed E-state index contributed by atoms with van der Waals surface area (Å²) in [5, 5.41) is 0. The number of hydrogen-bond acceptors (Lipinski definition) is 2. The highest BCUT2D eigenvalue weighted by Gasteiger charge is 2.07. The normalized spacial score (nSPS) is 10.5. The van der Waals surface area contributed by atoms with Crippen LogP contribution in [0.2, 0.25) is 0 Å². The minimum atomic E-state index is -0.268. The third-order valence-corrected chi connectivity index (χ3v) is 3.10. The highest BCUT2D eigenvalue weighted by Crippen LogP contribution is 2.17. The zero-order valence-electron chi connectivity index (χ0n) is 11.0. The lowest BCUT2D eigenvalue weighted by molar-refractivity contribution is 0.299.